The molecule has 0 N–H and O–H groups in total. The molecule has 0 heterocycles. The second-order valence-electron chi connectivity index (χ2n) is 2.52. The lowest BCUT2D eigenvalue weighted by atomic mass is 10.1. The minimum absolute atomic E-state index is 0.414. The first kappa shape index (κ1) is 11.2. The van der Waals surface area contributed by atoms with Crippen molar-refractivity contribution < 1.29 is 4.79 Å². The van der Waals surface area contributed by atoms with Crippen molar-refractivity contribution in [3.05, 3.63) is 34.9 Å². The molecule has 0 unspecified atom stereocenters. The lowest BCUT2D eigenvalue weighted by Gasteiger charge is -2.04. The summed E-state index contributed by atoms with van der Waals surface area (Å²) in [5.74, 6) is 0. The van der Waals surface area contributed by atoms with Gasteiger partial charge in [-0.1, -0.05) is 37.9 Å². The van der Waals surface area contributed by atoms with Crippen LogP contribution in [0.3, 0.4) is 0 Å². The van der Waals surface area contributed by atoms with Crippen LogP contribution in [0.2, 0.25) is 0 Å². The molecule has 70 valence electrons. The molecule has 0 atom stereocenters. The Kier molecular flexibility index (Phi) is 4.42. The van der Waals surface area contributed by atoms with Crippen LogP contribution in [0.15, 0.2) is 18.2 Å². The first-order chi connectivity index (χ1) is 6.19. The maximum absolute atomic E-state index is 10.9. The molecular formula is C9H7Br2ClO. The predicted octanol–water partition coefficient (Wildman–Crippen LogP) is 3.86. The van der Waals surface area contributed by atoms with E-state index in [4.69, 9.17) is 11.6 Å². The molecule has 0 saturated heterocycles. The van der Waals surface area contributed by atoms with Gasteiger partial charge in [-0.15, -0.1) is 0 Å². The largest absolute Gasteiger partial charge is 0.276 e. The fourth-order valence-corrected chi connectivity index (χ4v) is 2.19. The van der Waals surface area contributed by atoms with Gasteiger partial charge in [0.15, 0.2) is 0 Å². The van der Waals surface area contributed by atoms with Crippen LogP contribution in [0.5, 0.6) is 0 Å². The molecule has 0 radical (unpaired) electrons. The highest BCUT2D eigenvalue weighted by Crippen LogP contribution is 2.18. The first-order valence-electron chi connectivity index (χ1n) is 3.62. The van der Waals surface area contributed by atoms with Crippen LogP contribution >= 0.6 is 43.5 Å². The average Bonchev–Trinajstić information content (AvgIpc) is 2.16. The van der Waals surface area contributed by atoms with Crippen molar-refractivity contribution in [1.29, 1.82) is 0 Å². The Bertz CT molecular complexity index is 325. The number of carbonyl (C=O) groups is 1. The Hall–Kier alpha value is 0.140. The molecule has 0 aliphatic rings. The van der Waals surface area contributed by atoms with E-state index in [1.165, 1.54) is 5.56 Å². The van der Waals surface area contributed by atoms with Crippen LogP contribution in [0.25, 0.3) is 0 Å². The van der Waals surface area contributed by atoms with Gasteiger partial charge in [-0.2, -0.15) is 0 Å². The summed E-state index contributed by atoms with van der Waals surface area (Å²) in [5.41, 5.74) is 2.79. The second-order valence-corrected chi connectivity index (χ2v) is 3.99. The van der Waals surface area contributed by atoms with Gasteiger partial charge in [0.1, 0.15) is 0 Å². The van der Waals surface area contributed by atoms with E-state index in [9.17, 15) is 4.79 Å². The van der Waals surface area contributed by atoms with Crippen molar-refractivity contribution in [2.24, 2.45) is 0 Å². The molecule has 0 bridgehead atoms. The summed E-state index contributed by atoms with van der Waals surface area (Å²) in [6, 6.07) is 5.44. The van der Waals surface area contributed by atoms with E-state index in [0.29, 0.717) is 5.56 Å². The van der Waals surface area contributed by atoms with Gasteiger partial charge in [0.25, 0.3) is 5.24 Å². The van der Waals surface area contributed by atoms with Crippen LogP contribution in [0.4, 0.5) is 0 Å². The summed E-state index contributed by atoms with van der Waals surface area (Å²) in [6.45, 7) is 0. The number of halogens is 3. The smallest absolute Gasteiger partial charge is 0.252 e. The van der Waals surface area contributed by atoms with Gasteiger partial charge in [0, 0.05) is 16.2 Å². The first-order valence-corrected chi connectivity index (χ1v) is 6.24. The predicted molar refractivity (Wildman–Crippen MR) is 61.9 cm³/mol. The molecule has 0 saturated carbocycles. The Morgan fingerprint density at radius 1 is 1.23 bits per heavy atom. The minimum Gasteiger partial charge on any atom is -0.276 e. The van der Waals surface area contributed by atoms with Crippen molar-refractivity contribution in [3.8, 4) is 0 Å². The highest BCUT2D eigenvalue weighted by atomic mass is 79.9. The maximum Gasteiger partial charge on any atom is 0.252 e. The van der Waals surface area contributed by atoms with Gasteiger partial charge in [-0.05, 0) is 34.9 Å². The number of benzene rings is 1. The van der Waals surface area contributed by atoms with Crippen LogP contribution < -0.4 is 0 Å². The number of rotatable bonds is 3. The number of alkyl halides is 2. The van der Waals surface area contributed by atoms with E-state index >= 15 is 0 Å². The third-order valence-electron chi connectivity index (χ3n) is 1.72. The Morgan fingerprint density at radius 3 is 2.31 bits per heavy atom. The Balaban J connectivity index is 3.13. The summed E-state index contributed by atoms with van der Waals surface area (Å²) in [4.78, 5) is 10.9. The molecule has 0 aromatic heterocycles. The summed E-state index contributed by atoms with van der Waals surface area (Å²) < 4.78 is 0. The van der Waals surface area contributed by atoms with Gasteiger partial charge in [0.05, 0.1) is 0 Å². The molecule has 0 aliphatic heterocycles. The highest BCUT2D eigenvalue weighted by Gasteiger charge is 2.05. The normalized spacial score (nSPS) is 10.1. The number of hydrogen-bond acceptors (Lipinski definition) is 1. The highest BCUT2D eigenvalue weighted by molar-refractivity contribution is 9.09. The maximum atomic E-state index is 10.9. The molecule has 4 heteroatoms. The van der Waals surface area contributed by atoms with Gasteiger partial charge in [-0.3, -0.25) is 4.79 Å². The summed E-state index contributed by atoms with van der Waals surface area (Å²) in [5, 5.41) is 1.10. The second kappa shape index (κ2) is 5.13. The molecule has 0 aliphatic carbocycles. The van der Waals surface area contributed by atoms with Crippen molar-refractivity contribution in [2.75, 3.05) is 0 Å². The van der Waals surface area contributed by atoms with E-state index < -0.39 is 5.24 Å². The van der Waals surface area contributed by atoms with Crippen molar-refractivity contribution in [3.63, 3.8) is 0 Å². The molecule has 1 nitrogen and oxygen atoms in total. The van der Waals surface area contributed by atoms with E-state index in [1.807, 2.05) is 6.07 Å². The van der Waals surface area contributed by atoms with Gasteiger partial charge in [-0.25, -0.2) is 0 Å². The van der Waals surface area contributed by atoms with Crippen LogP contribution in [0.1, 0.15) is 21.5 Å². The topological polar surface area (TPSA) is 17.1 Å². The SMILES string of the molecule is O=C(Cl)c1ccc(CBr)c(CBr)c1. The van der Waals surface area contributed by atoms with Crippen molar-refractivity contribution >= 4 is 48.7 Å². The third-order valence-corrected chi connectivity index (χ3v) is 3.15. The Morgan fingerprint density at radius 2 is 1.85 bits per heavy atom. The molecule has 1 aromatic carbocycles. The van der Waals surface area contributed by atoms with E-state index in [2.05, 4.69) is 31.9 Å². The van der Waals surface area contributed by atoms with Crippen molar-refractivity contribution in [1.82, 2.24) is 0 Å². The van der Waals surface area contributed by atoms with Gasteiger partial charge < -0.3 is 0 Å². The van der Waals surface area contributed by atoms with E-state index in [1.54, 1.807) is 12.1 Å². The lowest BCUT2D eigenvalue weighted by molar-refractivity contribution is 0.108. The van der Waals surface area contributed by atoms with Crippen molar-refractivity contribution in [2.45, 2.75) is 10.7 Å². The lowest BCUT2D eigenvalue weighted by Crippen LogP contribution is -1.94. The van der Waals surface area contributed by atoms with E-state index in [-0.39, 0.29) is 0 Å². The molecular weight excluding hydrogens is 319 g/mol. The van der Waals surface area contributed by atoms with Crippen LogP contribution in [-0.2, 0) is 10.7 Å². The molecule has 1 rings (SSSR count). The molecule has 0 spiro atoms. The van der Waals surface area contributed by atoms with Crippen LogP contribution in [-0.4, -0.2) is 5.24 Å². The Labute approximate surface area is 98.7 Å². The summed E-state index contributed by atoms with van der Waals surface area (Å²) >= 11 is 12.1. The van der Waals surface area contributed by atoms with Crippen LogP contribution in [0, 0.1) is 0 Å². The molecule has 13 heavy (non-hydrogen) atoms. The monoisotopic (exact) mass is 324 g/mol. The van der Waals surface area contributed by atoms with Gasteiger partial charge >= 0.3 is 0 Å². The van der Waals surface area contributed by atoms with E-state index in [0.717, 1.165) is 16.2 Å². The zero-order chi connectivity index (χ0) is 9.84. The fourth-order valence-electron chi connectivity index (χ4n) is 1.00. The molecule has 0 amide bonds. The molecule has 1 aromatic rings. The van der Waals surface area contributed by atoms with Gasteiger partial charge in [0.2, 0.25) is 0 Å². The fraction of sp³-hybridized carbons (Fsp3) is 0.222. The summed E-state index contributed by atoms with van der Waals surface area (Å²) in [7, 11) is 0. The standard InChI is InChI=1S/C9H7Br2ClO/c10-4-7-2-1-6(9(12)13)3-8(7)5-11/h1-3H,4-5H2. The molecule has 0 fully saturated rings. The number of hydrogen-bond donors (Lipinski definition) is 0. The quantitative estimate of drug-likeness (QED) is 0.609. The minimum atomic E-state index is -0.414. The zero-order valence-electron chi connectivity index (χ0n) is 6.69. The third kappa shape index (κ3) is 2.79. The average molecular weight is 326 g/mol. The summed E-state index contributed by atoms with van der Waals surface area (Å²) in [6.07, 6.45) is 0. The number of carbonyl (C=O) groups excluding carboxylic acids is 1. The zero-order valence-corrected chi connectivity index (χ0v) is 10.6.